The van der Waals surface area contributed by atoms with Gasteiger partial charge >= 0.3 is 0 Å². The Kier molecular flexibility index (Phi) is 4.41. The number of nitrogens with zero attached hydrogens (tertiary/aromatic N) is 4. The molecule has 0 saturated carbocycles. The number of hydrogen-bond acceptors (Lipinski definition) is 4. The van der Waals surface area contributed by atoms with Crippen LogP contribution in [-0.2, 0) is 19.5 Å². The topological polar surface area (TPSA) is 54.1 Å². The van der Waals surface area contributed by atoms with Crippen molar-refractivity contribution in [2.45, 2.75) is 38.8 Å². The first kappa shape index (κ1) is 15.7. The van der Waals surface area contributed by atoms with E-state index in [9.17, 15) is 0 Å². The zero-order valence-electron chi connectivity index (χ0n) is 14.3. The molecule has 0 unspecified atom stereocenters. The first-order chi connectivity index (χ1) is 12.3. The van der Waals surface area contributed by atoms with Crippen molar-refractivity contribution in [2.75, 3.05) is 6.79 Å². The van der Waals surface area contributed by atoms with E-state index in [-0.39, 0.29) is 0 Å². The molecule has 0 spiro atoms. The second-order valence-electron chi connectivity index (χ2n) is 6.43. The van der Waals surface area contributed by atoms with Gasteiger partial charge in [0.05, 0.1) is 6.33 Å². The molecule has 0 amide bonds. The lowest BCUT2D eigenvalue weighted by Crippen LogP contribution is -2.10. The molecule has 0 fully saturated rings. The zero-order valence-corrected chi connectivity index (χ0v) is 14.3. The minimum Gasteiger partial charge on any atom is -0.454 e. The fraction of sp³-hybridized carbons (Fsp3) is 0.368. The molecule has 6 heteroatoms. The van der Waals surface area contributed by atoms with Gasteiger partial charge in [-0.05, 0) is 30.5 Å². The molecule has 1 aliphatic heterocycles. The van der Waals surface area contributed by atoms with Gasteiger partial charge in [-0.1, -0.05) is 13.0 Å². The number of aromatic nitrogens is 4. The minimum absolute atomic E-state index is 0.315. The number of rotatable bonds is 7. The molecule has 3 aromatic rings. The van der Waals surface area contributed by atoms with E-state index < -0.39 is 0 Å². The summed E-state index contributed by atoms with van der Waals surface area (Å²) in [5, 5.41) is 0. The average Bonchev–Trinajstić information content (AvgIpc) is 3.36. The van der Waals surface area contributed by atoms with Crippen LogP contribution in [0.2, 0.25) is 0 Å². The van der Waals surface area contributed by atoms with E-state index in [0.29, 0.717) is 12.7 Å². The highest BCUT2D eigenvalue weighted by Crippen LogP contribution is 2.33. The summed E-state index contributed by atoms with van der Waals surface area (Å²) < 4.78 is 15.2. The maximum atomic E-state index is 5.47. The number of imidazole rings is 2. The van der Waals surface area contributed by atoms with E-state index in [2.05, 4.69) is 44.4 Å². The lowest BCUT2D eigenvalue weighted by atomic mass is 10.00. The fourth-order valence-electron chi connectivity index (χ4n) is 3.30. The van der Waals surface area contributed by atoms with E-state index in [1.165, 1.54) is 5.56 Å². The van der Waals surface area contributed by atoms with Crippen molar-refractivity contribution < 1.29 is 9.47 Å². The molecule has 1 atom stereocenters. The van der Waals surface area contributed by atoms with Crippen LogP contribution >= 0.6 is 0 Å². The molecular weight excluding hydrogens is 316 g/mol. The summed E-state index contributed by atoms with van der Waals surface area (Å²) in [4.78, 5) is 8.67. The number of ether oxygens (including phenoxy) is 2. The van der Waals surface area contributed by atoms with Crippen LogP contribution in [0.15, 0.2) is 49.3 Å². The second-order valence-corrected chi connectivity index (χ2v) is 6.43. The van der Waals surface area contributed by atoms with Gasteiger partial charge in [0.25, 0.3) is 0 Å². The average molecular weight is 338 g/mol. The van der Waals surface area contributed by atoms with Gasteiger partial charge in [-0.2, -0.15) is 0 Å². The van der Waals surface area contributed by atoms with Crippen molar-refractivity contribution in [1.29, 1.82) is 0 Å². The van der Waals surface area contributed by atoms with Crippen LogP contribution in [-0.4, -0.2) is 25.9 Å². The molecule has 3 heterocycles. The third kappa shape index (κ3) is 3.52. The maximum Gasteiger partial charge on any atom is 0.231 e. The van der Waals surface area contributed by atoms with Crippen LogP contribution in [0.5, 0.6) is 11.5 Å². The van der Waals surface area contributed by atoms with Crippen molar-refractivity contribution in [1.82, 2.24) is 19.1 Å². The van der Waals surface area contributed by atoms with E-state index >= 15 is 0 Å². The Morgan fingerprint density at radius 2 is 2.04 bits per heavy atom. The summed E-state index contributed by atoms with van der Waals surface area (Å²) in [5.74, 6) is 3.14. The number of benzene rings is 1. The van der Waals surface area contributed by atoms with Gasteiger partial charge in [0.15, 0.2) is 11.5 Å². The molecule has 0 saturated heterocycles. The van der Waals surface area contributed by atoms with Crippen molar-refractivity contribution in [2.24, 2.45) is 0 Å². The van der Waals surface area contributed by atoms with Crippen LogP contribution in [0.3, 0.4) is 0 Å². The number of fused-ring (bicyclic) bond motifs is 1. The van der Waals surface area contributed by atoms with E-state index in [1.807, 2.05) is 31.0 Å². The summed E-state index contributed by atoms with van der Waals surface area (Å²) in [6, 6.07) is 6.17. The molecule has 0 bridgehead atoms. The Hall–Kier alpha value is -2.76. The highest BCUT2D eigenvalue weighted by molar-refractivity contribution is 5.44. The van der Waals surface area contributed by atoms with Crippen LogP contribution in [0.1, 0.15) is 30.7 Å². The highest BCUT2D eigenvalue weighted by Gasteiger charge is 2.17. The Bertz CT molecular complexity index is 826. The summed E-state index contributed by atoms with van der Waals surface area (Å²) in [5.41, 5.74) is 1.24. The summed E-state index contributed by atoms with van der Waals surface area (Å²) in [7, 11) is 0. The van der Waals surface area contributed by atoms with Crippen molar-refractivity contribution in [3.8, 4) is 11.5 Å². The second kappa shape index (κ2) is 7.01. The monoisotopic (exact) mass is 338 g/mol. The van der Waals surface area contributed by atoms with Crippen molar-refractivity contribution in [3.63, 3.8) is 0 Å². The quantitative estimate of drug-likeness (QED) is 0.664. The lowest BCUT2D eigenvalue weighted by Gasteiger charge is -2.15. The van der Waals surface area contributed by atoms with Crippen LogP contribution in [0, 0.1) is 0 Å². The maximum absolute atomic E-state index is 5.47. The Morgan fingerprint density at radius 1 is 1.12 bits per heavy atom. The van der Waals surface area contributed by atoms with Gasteiger partial charge in [-0.15, -0.1) is 0 Å². The molecular formula is C19H22N4O2. The first-order valence-corrected chi connectivity index (χ1v) is 8.65. The molecule has 6 nitrogen and oxygen atoms in total. The normalized spacial score (nSPS) is 14.0. The van der Waals surface area contributed by atoms with Gasteiger partial charge in [0.2, 0.25) is 6.79 Å². The first-order valence-electron chi connectivity index (χ1n) is 8.65. The Labute approximate surface area is 147 Å². The van der Waals surface area contributed by atoms with Crippen LogP contribution < -0.4 is 9.47 Å². The minimum atomic E-state index is 0.315. The van der Waals surface area contributed by atoms with E-state index in [1.54, 1.807) is 0 Å². The molecule has 25 heavy (non-hydrogen) atoms. The molecule has 4 rings (SSSR count). The molecule has 1 aliphatic rings. The largest absolute Gasteiger partial charge is 0.454 e. The van der Waals surface area contributed by atoms with E-state index in [0.717, 1.165) is 43.3 Å². The lowest BCUT2D eigenvalue weighted by molar-refractivity contribution is 0.174. The molecule has 1 aromatic carbocycles. The summed E-state index contributed by atoms with van der Waals surface area (Å²) in [6.45, 7) is 4.46. The van der Waals surface area contributed by atoms with Gasteiger partial charge < -0.3 is 18.6 Å². The van der Waals surface area contributed by atoms with Gasteiger partial charge in [0.1, 0.15) is 5.82 Å². The number of aryl methyl sites for hydroxylation is 2. The van der Waals surface area contributed by atoms with Crippen LogP contribution in [0.4, 0.5) is 0 Å². The molecule has 2 aromatic heterocycles. The summed E-state index contributed by atoms with van der Waals surface area (Å²) >= 11 is 0. The standard InChI is InChI=1S/C19H22N4O2/c1-15(11-16-3-4-17-18(12-16)25-14-24-17)19-21-6-10-23(19)8-2-7-22-9-5-20-13-22/h3-6,9-10,12-13,15H,2,7-8,11,14H2,1H3/t15-/m0/s1. The predicted octanol–water partition coefficient (Wildman–Crippen LogP) is 3.24. The smallest absolute Gasteiger partial charge is 0.231 e. The van der Waals surface area contributed by atoms with Gasteiger partial charge in [0, 0.05) is 43.8 Å². The third-order valence-electron chi connectivity index (χ3n) is 4.54. The Morgan fingerprint density at radius 3 is 2.92 bits per heavy atom. The molecule has 0 N–H and O–H groups in total. The predicted molar refractivity (Wildman–Crippen MR) is 93.8 cm³/mol. The van der Waals surface area contributed by atoms with Gasteiger partial charge in [-0.25, -0.2) is 9.97 Å². The van der Waals surface area contributed by atoms with Crippen molar-refractivity contribution >= 4 is 0 Å². The Balaban J connectivity index is 1.39. The van der Waals surface area contributed by atoms with Crippen molar-refractivity contribution in [3.05, 3.63) is 60.7 Å². The van der Waals surface area contributed by atoms with Gasteiger partial charge in [-0.3, -0.25) is 0 Å². The molecule has 0 radical (unpaired) electrons. The number of hydrogen-bond donors (Lipinski definition) is 0. The molecule has 130 valence electrons. The highest BCUT2D eigenvalue weighted by atomic mass is 16.7. The zero-order chi connectivity index (χ0) is 17.1. The SMILES string of the molecule is C[C@@H](Cc1ccc2c(c1)OCO2)c1nccn1CCCn1ccnc1. The fourth-order valence-corrected chi connectivity index (χ4v) is 3.30. The van der Waals surface area contributed by atoms with Crippen LogP contribution in [0.25, 0.3) is 0 Å². The molecule has 0 aliphatic carbocycles. The van der Waals surface area contributed by atoms with E-state index in [4.69, 9.17) is 9.47 Å². The third-order valence-corrected chi connectivity index (χ3v) is 4.54. The summed E-state index contributed by atoms with van der Waals surface area (Å²) in [6.07, 6.45) is 11.6.